The van der Waals surface area contributed by atoms with Crippen molar-refractivity contribution in [2.24, 2.45) is 0 Å². The number of ketones is 1. The van der Waals surface area contributed by atoms with E-state index in [2.05, 4.69) is 0 Å². The summed E-state index contributed by atoms with van der Waals surface area (Å²) in [6.45, 7) is 5.52. The molecule has 0 saturated heterocycles. The average molecular weight is 276 g/mol. The number of ether oxygens (including phenoxy) is 2. The first-order chi connectivity index (χ1) is 8.75. The van der Waals surface area contributed by atoms with Crippen molar-refractivity contribution in [1.29, 1.82) is 0 Å². The van der Waals surface area contributed by atoms with Crippen molar-refractivity contribution in [2.45, 2.75) is 33.1 Å². The van der Waals surface area contributed by atoms with Crippen molar-refractivity contribution in [3.05, 3.63) is 23.8 Å². The van der Waals surface area contributed by atoms with Crippen LogP contribution in [0.1, 0.15) is 31.1 Å². The molecule has 0 unspecified atom stereocenters. The summed E-state index contributed by atoms with van der Waals surface area (Å²) in [4.78, 5) is 11.1. The van der Waals surface area contributed by atoms with E-state index < -0.39 is 17.5 Å². The highest BCUT2D eigenvalue weighted by molar-refractivity contribution is 6.00. The first kappa shape index (κ1) is 15.3. The van der Waals surface area contributed by atoms with E-state index in [1.807, 2.05) is 0 Å². The van der Waals surface area contributed by atoms with E-state index >= 15 is 0 Å². The van der Waals surface area contributed by atoms with Crippen molar-refractivity contribution < 1.29 is 27.4 Å². The summed E-state index contributed by atoms with van der Waals surface area (Å²) in [7, 11) is 0. The van der Waals surface area contributed by atoms with Gasteiger partial charge in [-0.2, -0.15) is 13.2 Å². The molecule has 0 amide bonds. The molecule has 0 bridgehead atoms. The molecule has 1 rings (SSSR count). The first-order valence-electron chi connectivity index (χ1n) is 5.80. The van der Waals surface area contributed by atoms with Gasteiger partial charge in [-0.25, -0.2) is 0 Å². The molecule has 0 saturated carbocycles. The lowest BCUT2D eigenvalue weighted by Crippen LogP contribution is -2.22. The summed E-state index contributed by atoms with van der Waals surface area (Å²) < 4.78 is 47.6. The molecule has 0 atom stereocenters. The first-order valence-corrected chi connectivity index (χ1v) is 5.80. The standard InChI is InChI=1S/C13H15F3O3/c1-4-18-11-7-9(12(17)13(14,15)16)5-6-10(11)19-8(2)3/h5-8H,4H2,1-3H3. The highest BCUT2D eigenvalue weighted by atomic mass is 19.4. The molecule has 1 aromatic carbocycles. The molecular formula is C13H15F3O3. The summed E-state index contributed by atoms with van der Waals surface area (Å²) in [6, 6.07) is 3.44. The smallest absolute Gasteiger partial charge is 0.454 e. The molecule has 0 fully saturated rings. The Morgan fingerprint density at radius 3 is 2.37 bits per heavy atom. The third kappa shape index (κ3) is 4.15. The summed E-state index contributed by atoms with van der Waals surface area (Å²) >= 11 is 0. The summed E-state index contributed by atoms with van der Waals surface area (Å²) in [5, 5.41) is 0. The molecule has 1 aromatic rings. The van der Waals surface area contributed by atoms with E-state index in [0.717, 1.165) is 12.1 Å². The maximum atomic E-state index is 12.3. The van der Waals surface area contributed by atoms with Gasteiger partial charge in [0.05, 0.1) is 12.7 Å². The number of hydrogen-bond donors (Lipinski definition) is 0. The molecule has 0 aliphatic carbocycles. The SMILES string of the molecule is CCOc1cc(C(=O)C(F)(F)F)ccc1OC(C)C. The Morgan fingerprint density at radius 1 is 1.26 bits per heavy atom. The molecule has 0 aromatic heterocycles. The second-order valence-electron chi connectivity index (χ2n) is 4.09. The minimum absolute atomic E-state index is 0.131. The number of carbonyl (C=O) groups excluding carboxylic acids is 1. The van der Waals surface area contributed by atoms with Gasteiger partial charge in [0.25, 0.3) is 5.78 Å². The predicted octanol–water partition coefficient (Wildman–Crippen LogP) is 3.62. The topological polar surface area (TPSA) is 35.5 Å². The Labute approximate surface area is 109 Å². The van der Waals surface area contributed by atoms with Crippen molar-refractivity contribution in [2.75, 3.05) is 6.61 Å². The zero-order chi connectivity index (χ0) is 14.6. The molecule has 19 heavy (non-hydrogen) atoms. The number of carbonyl (C=O) groups is 1. The van der Waals surface area contributed by atoms with Gasteiger partial charge in [-0.1, -0.05) is 0 Å². The molecule has 3 nitrogen and oxygen atoms in total. The van der Waals surface area contributed by atoms with Gasteiger partial charge in [0, 0.05) is 5.56 Å². The molecule has 0 spiro atoms. The van der Waals surface area contributed by atoms with Gasteiger partial charge in [-0.15, -0.1) is 0 Å². The maximum absolute atomic E-state index is 12.3. The molecule has 0 radical (unpaired) electrons. The second-order valence-corrected chi connectivity index (χ2v) is 4.09. The summed E-state index contributed by atoms with van der Waals surface area (Å²) in [6.07, 6.45) is -5.05. The van der Waals surface area contributed by atoms with Crippen molar-refractivity contribution in [3.8, 4) is 11.5 Å². The Hall–Kier alpha value is -1.72. The van der Waals surface area contributed by atoms with Crippen LogP contribution in [0.25, 0.3) is 0 Å². The van der Waals surface area contributed by atoms with Crippen molar-refractivity contribution in [3.63, 3.8) is 0 Å². The fourth-order valence-electron chi connectivity index (χ4n) is 1.43. The van der Waals surface area contributed by atoms with Gasteiger partial charge >= 0.3 is 6.18 Å². The van der Waals surface area contributed by atoms with Crippen LogP contribution in [0.2, 0.25) is 0 Å². The number of alkyl halides is 3. The summed E-state index contributed by atoms with van der Waals surface area (Å²) in [5.74, 6) is -1.45. The van der Waals surface area contributed by atoms with Crippen LogP contribution < -0.4 is 9.47 Å². The lowest BCUT2D eigenvalue weighted by atomic mass is 10.1. The van der Waals surface area contributed by atoms with E-state index in [1.54, 1.807) is 20.8 Å². The van der Waals surface area contributed by atoms with Crippen LogP contribution in [-0.4, -0.2) is 24.7 Å². The van der Waals surface area contributed by atoms with Crippen molar-refractivity contribution in [1.82, 2.24) is 0 Å². The van der Waals surface area contributed by atoms with Gasteiger partial charge in [-0.05, 0) is 39.0 Å². The Morgan fingerprint density at radius 2 is 1.89 bits per heavy atom. The fourth-order valence-corrected chi connectivity index (χ4v) is 1.43. The van der Waals surface area contributed by atoms with E-state index in [9.17, 15) is 18.0 Å². The Bertz CT molecular complexity index is 453. The van der Waals surface area contributed by atoms with Gasteiger partial charge in [0.1, 0.15) is 0 Å². The van der Waals surface area contributed by atoms with E-state index in [-0.39, 0.29) is 18.5 Å². The maximum Gasteiger partial charge on any atom is 0.454 e. The Balaban J connectivity index is 3.12. The van der Waals surface area contributed by atoms with Crippen LogP contribution >= 0.6 is 0 Å². The van der Waals surface area contributed by atoms with Crippen LogP contribution in [0.4, 0.5) is 13.2 Å². The highest BCUT2D eigenvalue weighted by Crippen LogP contribution is 2.31. The zero-order valence-electron chi connectivity index (χ0n) is 10.9. The average Bonchev–Trinajstić information content (AvgIpc) is 2.29. The minimum atomic E-state index is -4.90. The van der Waals surface area contributed by atoms with Crippen LogP contribution in [0.15, 0.2) is 18.2 Å². The van der Waals surface area contributed by atoms with Gasteiger partial charge in [-0.3, -0.25) is 4.79 Å². The number of rotatable bonds is 5. The molecule has 106 valence electrons. The second kappa shape index (κ2) is 5.95. The molecule has 0 aliphatic rings. The van der Waals surface area contributed by atoms with Gasteiger partial charge in [0.15, 0.2) is 11.5 Å². The highest BCUT2D eigenvalue weighted by Gasteiger charge is 2.39. The van der Waals surface area contributed by atoms with Crippen LogP contribution in [0.5, 0.6) is 11.5 Å². The lowest BCUT2D eigenvalue weighted by Gasteiger charge is -2.15. The minimum Gasteiger partial charge on any atom is -0.490 e. The number of halogens is 3. The third-order valence-corrected chi connectivity index (χ3v) is 2.13. The fraction of sp³-hybridized carbons (Fsp3) is 0.462. The molecule has 0 N–H and O–H groups in total. The van der Waals surface area contributed by atoms with Crippen molar-refractivity contribution >= 4 is 5.78 Å². The normalized spacial score (nSPS) is 11.5. The molecule has 0 heterocycles. The molecule has 6 heteroatoms. The van der Waals surface area contributed by atoms with Crippen LogP contribution in [-0.2, 0) is 0 Å². The van der Waals surface area contributed by atoms with E-state index in [1.165, 1.54) is 6.07 Å². The predicted molar refractivity (Wildman–Crippen MR) is 63.8 cm³/mol. The molecular weight excluding hydrogens is 261 g/mol. The lowest BCUT2D eigenvalue weighted by molar-refractivity contribution is -0.0885. The molecule has 0 aliphatic heterocycles. The quantitative estimate of drug-likeness (QED) is 0.770. The van der Waals surface area contributed by atoms with E-state index in [4.69, 9.17) is 9.47 Å². The van der Waals surface area contributed by atoms with Crippen LogP contribution in [0, 0.1) is 0 Å². The number of benzene rings is 1. The van der Waals surface area contributed by atoms with Crippen LogP contribution in [0.3, 0.4) is 0 Å². The number of Topliss-reactive ketones (excluding diaryl/α,β-unsaturated/α-hetero) is 1. The van der Waals surface area contributed by atoms with Gasteiger partial charge < -0.3 is 9.47 Å². The summed E-state index contributed by atoms with van der Waals surface area (Å²) in [5.41, 5.74) is -0.466. The largest absolute Gasteiger partial charge is 0.490 e. The third-order valence-electron chi connectivity index (χ3n) is 2.13. The monoisotopic (exact) mass is 276 g/mol. The Kier molecular flexibility index (Phi) is 4.80. The van der Waals surface area contributed by atoms with Gasteiger partial charge in [0.2, 0.25) is 0 Å². The zero-order valence-corrected chi connectivity index (χ0v) is 10.9. The van der Waals surface area contributed by atoms with E-state index in [0.29, 0.717) is 5.75 Å². The number of hydrogen-bond acceptors (Lipinski definition) is 3.